The van der Waals surface area contributed by atoms with E-state index in [4.69, 9.17) is 4.74 Å². The molecule has 1 aromatic rings. The third kappa shape index (κ3) is 3.68. The van der Waals surface area contributed by atoms with Gasteiger partial charge in [-0.05, 0) is 12.0 Å². The fourth-order valence-electron chi connectivity index (χ4n) is 1.21. The smallest absolute Gasteiger partial charge is 0.310 e. The topological polar surface area (TPSA) is 69.4 Å². The van der Waals surface area contributed by atoms with Crippen molar-refractivity contribution in [3.8, 4) is 0 Å². The second-order valence-electron chi connectivity index (χ2n) is 3.32. The number of rotatable bonds is 5. The Hall–Kier alpha value is -1.91. The van der Waals surface area contributed by atoms with Crippen LogP contribution in [0.15, 0.2) is 24.3 Å². The predicted molar refractivity (Wildman–Crippen MR) is 58.1 cm³/mol. The highest BCUT2D eigenvalue weighted by atomic mass is 16.6. The Labute approximate surface area is 93.2 Å². The molecule has 0 radical (unpaired) electrons. The van der Waals surface area contributed by atoms with E-state index in [2.05, 4.69) is 0 Å². The minimum absolute atomic E-state index is 0.0132. The maximum atomic E-state index is 11.3. The van der Waals surface area contributed by atoms with Crippen LogP contribution in [0.3, 0.4) is 0 Å². The number of esters is 1. The molecule has 0 aliphatic carbocycles. The number of non-ortho nitro benzene ring substituents is 1. The molecule has 5 heteroatoms. The number of hydrogen-bond donors (Lipinski definition) is 0. The number of nitro benzene ring substituents is 1. The number of benzene rings is 1. The molecule has 1 aromatic carbocycles. The molecule has 86 valence electrons. The first-order valence-electron chi connectivity index (χ1n) is 5.02. The van der Waals surface area contributed by atoms with Gasteiger partial charge in [0, 0.05) is 12.1 Å². The van der Waals surface area contributed by atoms with Crippen molar-refractivity contribution in [2.24, 2.45) is 0 Å². The summed E-state index contributed by atoms with van der Waals surface area (Å²) in [6, 6.07) is 5.99. The first-order valence-corrected chi connectivity index (χ1v) is 5.02. The maximum Gasteiger partial charge on any atom is 0.310 e. The Morgan fingerprint density at radius 2 is 2.25 bits per heavy atom. The van der Waals surface area contributed by atoms with Gasteiger partial charge in [0.2, 0.25) is 0 Å². The molecule has 0 fully saturated rings. The van der Waals surface area contributed by atoms with Crippen molar-refractivity contribution in [2.45, 2.75) is 19.8 Å². The summed E-state index contributed by atoms with van der Waals surface area (Å²) in [7, 11) is 0. The molecule has 0 N–H and O–H groups in total. The molecule has 0 amide bonds. The Bertz CT molecular complexity index is 389. The van der Waals surface area contributed by atoms with E-state index in [0.29, 0.717) is 12.2 Å². The zero-order chi connectivity index (χ0) is 12.0. The first kappa shape index (κ1) is 12.2. The molecule has 0 saturated heterocycles. The summed E-state index contributed by atoms with van der Waals surface area (Å²) in [5, 5.41) is 10.5. The quantitative estimate of drug-likeness (QED) is 0.435. The molecule has 0 atom stereocenters. The summed E-state index contributed by atoms with van der Waals surface area (Å²) >= 11 is 0. The van der Waals surface area contributed by atoms with Crippen LogP contribution in [0.2, 0.25) is 0 Å². The number of hydrogen-bond acceptors (Lipinski definition) is 4. The normalized spacial score (nSPS) is 9.81. The van der Waals surface area contributed by atoms with E-state index in [1.54, 1.807) is 12.1 Å². The van der Waals surface area contributed by atoms with Gasteiger partial charge in [-0.15, -0.1) is 0 Å². The molecular formula is C11H13NO4. The lowest BCUT2D eigenvalue weighted by Crippen LogP contribution is -2.08. The van der Waals surface area contributed by atoms with Gasteiger partial charge in [0.25, 0.3) is 5.69 Å². The van der Waals surface area contributed by atoms with Gasteiger partial charge in [-0.1, -0.05) is 19.1 Å². The van der Waals surface area contributed by atoms with Crippen LogP contribution < -0.4 is 0 Å². The average Bonchev–Trinajstić information content (AvgIpc) is 2.26. The largest absolute Gasteiger partial charge is 0.465 e. The van der Waals surface area contributed by atoms with Crippen LogP contribution >= 0.6 is 0 Å². The van der Waals surface area contributed by atoms with Crippen molar-refractivity contribution in [2.75, 3.05) is 6.61 Å². The number of carbonyl (C=O) groups is 1. The van der Waals surface area contributed by atoms with Gasteiger partial charge in [0.05, 0.1) is 18.0 Å². The molecule has 0 heterocycles. The van der Waals surface area contributed by atoms with Crippen LogP contribution in [0.4, 0.5) is 5.69 Å². The predicted octanol–water partition coefficient (Wildman–Crippen LogP) is 2.09. The minimum atomic E-state index is -0.485. The zero-order valence-electron chi connectivity index (χ0n) is 9.01. The van der Waals surface area contributed by atoms with Crippen molar-refractivity contribution in [3.05, 3.63) is 39.9 Å². The van der Waals surface area contributed by atoms with Gasteiger partial charge >= 0.3 is 5.97 Å². The Morgan fingerprint density at radius 3 is 2.88 bits per heavy atom. The molecule has 0 bridgehead atoms. The van der Waals surface area contributed by atoms with Crippen LogP contribution in [-0.2, 0) is 16.0 Å². The van der Waals surface area contributed by atoms with Gasteiger partial charge in [-0.2, -0.15) is 0 Å². The van der Waals surface area contributed by atoms with Crippen LogP contribution in [0, 0.1) is 10.1 Å². The number of ether oxygens (including phenoxy) is 1. The second-order valence-corrected chi connectivity index (χ2v) is 3.32. The first-order chi connectivity index (χ1) is 7.63. The lowest BCUT2D eigenvalue weighted by Gasteiger charge is -2.02. The van der Waals surface area contributed by atoms with Crippen molar-refractivity contribution >= 4 is 11.7 Å². The third-order valence-electron chi connectivity index (χ3n) is 1.94. The van der Waals surface area contributed by atoms with Crippen molar-refractivity contribution in [1.29, 1.82) is 0 Å². The SMILES string of the molecule is CCCOC(=O)Cc1cccc([N+](=O)[O-])c1. The zero-order valence-corrected chi connectivity index (χ0v) is 9.01. The van der Waals surface area contributed by atoms with Gasteiger partial charge < -0.3 is 4.74 Å². The molecule has 16 heavy (non-hydrogen) atoms. The number of nitrogens with zero attached hydrogens (tertiary/aromatic N) is 1. The molecule has 0 aliphatic heterocycles. The van der Waals surface area contributed by atoms with E-state index in [-0.39, 0.29) is 18.1 Å². The average molecular weight is 223 g/mol. The van der Waals surface area contributed by atoms with Crippen LogP contribution in [0.1, 0.15) is 18.9 Å². The molecule has 0 aliphatic rings. The van der Waals surface area contributed by atoms with E-state index in [1.807, 2.05) is 6.92 Å². The van der Waals surface area contributed by atoms with Gasteiger partial charge in [-0.3, -0.25) is 14.9 Å². The Balaban J connectivity index is 2.63. The van der Waals surface area contributed by atoms with E-state index < -0.39 is 4.92 Å². The van der Waals surface area contributed by atoms with Crippen LogP contribution in [-0.4, -0.2) is 17.5 Å². The van der Waals surface area contributed by atoms with E-state index in [9.17, 15) is 14.9 Å². The highest BCUT2D eigenvalue weighted by Gasteiger charge is 2.09. The molecule has 0 saturated carbocycles. The summed E-state index contributed by atoms with van der Waals surface area (Å²) in [5.41, 5.74) is 0.580. The monoisotopic (exact) mass is 223 g/mol. The molecule has 0 aromatic heterocycles. The summed E-state index contributed by atoms with van der Waals surface area (Å²) < 4.78 is 4.89. The number of nitro groups is 1. The van der Waals surface area contributed by atoms with E-state index in [0.717, 1.165) is 6.42 Å². The highest BCUT2D eigenvalue weighted by Crippen LogP contribution is 2.13. The summed E-state index contributed by atoms with van der Waals surface area (Å²) in [6.07, 6.45) is 0.836. The fraction of sp³-hybridized carbons (Fsp3) is 0.364. The summed E-state index contributed by atoms with van der Waals surface area (Å²) in [5.74, 6) is -0.359. The van der Waals surface area contributed by atoms with E-state index >= 15 is 0 Å². The van der Waals surface area contributed by atoms with Crippen molar-refractivity contribution in [3.63, 3.8) is 0 Å². The van der Waals surface area contributed by atoms with Crippen LogP contribution in [0.5, 0.6) is 0 Å². The second kappa shape index (κ2) is 5.85. The fourth-order valence-corrected chi connectivity index (χ4v) is 1.21. The lowest BCUT2D eigenvalue weighted by atomic mass is 10.1. The summed E-state index contributed by atoms with van der Waals surface area (Å²) in [4.78, 5) is 21.3. The molecule has 1 rings (SSSR count). The van der Waals surface area contributed by atoms with Crippen LogP contribution in [0.25, 0.3) is 0 Å². The maximum absolute atomic E-state index is 11.3. The Morgan fingerprint density at radius 1 is 1.50 bits per heavy atom. The molecular weight excluding hydrogens is 210 g/mol. The van der Waals surface area contributed by atoms with Crippen molar-refractivity contribution in [1.82, 2.24) is 0 Å². The molecule has 0 spiro atoms. The highest BCUT2D eigenvalue weighted by molar-refractivity contribution is 5.72. The standard InChI is InChI=1S/C11H13NO4/c1-2-6-16-11(13)8-9-4-3-5-10(7-9)12(14)15/h3-5,7H,2,6,8H2,1H3. The molecule has 0 unspecified atom stereocenters. The Kier molecular flexibility index (Phi) is 4.44. The van der Waals surface area contributed by atoms with Gasteiger partial charge in [0.15, 0.2) is 0 Å². The number of carbonyl (C=O) groups excluding carboxylic acids is 1. The van der Waals surface area contributed by atoms with E-state index in [1.165, 1.54) is 12.1 Å². The van der Waals surface area contributed by atoms with Gasteiger partial charge in [0.1, 0.15) is 0 Å². The molecule has 5 nitrogen and oxygen atoms in total. The third-order valence-corrected chi connectivity index (χ3v) is 1.94. The van der Waals surface area contributed by atoms with Gasteiger partial charge in [-0.25, -0.2) is 0 Å². The van der Waals surface area contributed by atoms with Crippen molar-refractivity contribution < 1.29 is 14.5 Å². The minimum Gasteiger partial charge on any atom is -0.465 e. The lowest BCUT2D eigenvalue weighted by molar-refractivity contribution is -0.384. The summed E-state index contributed by atoms with van der Waals surface area (Å²) in [6.45, 7) is 2.29.